The average Bonchev–Trinajstić information content (AvgIpc) is 2.61. The van der Waals surface area contributed by atoms with Crippen molar-refractivity contribution in [2.24, 2.45) is 0 Å². The van der Waals surface area contributed by atoms with Crippen LogP contribution in [0.25, 0.3) is 0 Å². The molecule has 138 valence electrons. The Hall–Kier alpha value is -2.27. The van der Waals surface area contributed by atoms with Gasteiger partial charge in [0.25, 0.3) is 0 Å². The zero-order valence-electron chi connectivity index (χ0n) is 15.2. The van der Waals surface area contributed by atoms with Crippen LogP contribution in [0.4, 0.5) is 14.5 Å². The molecule has 3 nitrogen and oxygen atoms in total. The first-order chi connectivity index (χ1) is 12.5. The van der Waals surface area contributed by atoms with Crippen LogP contribution in [-0.2, 0) is 11.3 Å². The third-order valence-corrected chi connectivity index (χ3v) is 5.05. The van der Waals surface area contributed by atoms with Crippen molar-refractivity contribution in [1.82, 2.24) is 4.90 Å². The molecule has 5 heteroatoms. The fraction of sp³-hybridized carbons (Fsp3) is 0.381. The van der Waals surface area contributed by atoms with Crippen LogP contribution in [0.15, 0.2) is 42.5 Å². The van der Waals surface area contributed by atoms with E-state index >= 15 is 0 Å². The summed E-state index contributed by atoms with van der Waals surface area (Å²) >= 11 is 0. The fourth-order valence-corrected chi connectivity index (χ4v) is 3.58. The van der Waals surface area contributed by atoms with Gasteiger partial charge in [0, 0.05) is 43.9 Å². The van der Waals surface area contributed by atoms with Crippen LogP contribution in [0, 0.1) is 18.6 Å². The van der Waals surface area contributed by atoms with Gasteiger partial charge in [-0.1, -0.05) is 24.3 Å². The highest BCUT2D eigenvalue weighted by molar-refractivity contribution is 5.92. The number of benzene rings is 2. The molecule has 1 heterocycles. The van der Waals surface area contributed by atoms with Crippen molar-refractivity contribution in [3.63, 3.8) is 0 Å². The lowest BCUT2D eigenvalue weighted by atomic mass is 10.0. The SMILES string of the molecule is CC(=O)N(c1ccc(C)c(F)c1)C1CCN(Cc2ccccc2F)CC1. The third kappa shape index (κ3) is 4.10. The summed E-state index contributed by atoms with van der Waals surface area (Å²) in [6, 6.07) is 11.8. The number of anilines is 1. The van der Waals surface area contributed by atoms with E-state index in [1.807, 2.05) is 6.07 Å². The zero-order chi connectivity index (χ0) is 18.7. The summed E-state index contributed by atoms with van der Waals surface area (Å²) in [4.78, 5) is 16.1. The average molecular weight is 358 g/mol. The zero-order valence-corrected chi connectivity index (χ0v) is 15.2. The monoisotopic (exact) mass is 358 g/mol. The van der Waals surface area contributed by atoms with E-state index in [-0.39, 0.29) is 23.6 Å². The van der Waals surface area contributed by atoms with Gasteiger partial charge in [0.15, 0.2) is 0 Å². The molecule has 0 aliphatic carbocycles. The Morgan fingerprint density at radius 2 is 1.81 bits per heavy atom. The number of rotatable bonds is 4. The van der Waals surface area contributed by atoms with Crippen molar-refractivity contribution in [2.75, 3.05) is 18.0 Å². The number of hydrogen-bond donors (Lipinski definition) is 0. The lowest BCUT2D eigenvalue weighted by Crippen LogP contribution is -2.46. The van der Waals surface area contributed by atoms with E-state index in [1.165, 1.54) is 19.1 Å². The van der Waals surface area contributed by atoms with E-state index in [9.17, 15) is 13.6 Å². The fourth-order valence-electron chi connectivity index (χ4n) is 3.58. The molecule has 1 fully saturated rings. The van der Waals surface area contributed by atoms with Crippen LogP contribution in [0.3, 0.4) is 0 Å². The van der Waals surface area contributed by atoms with Crippen LogP contribution in [0.1, 0.15) is 30.9 Å². The summed E-state index contributed by atoms with van der Waals surface area (Å²) in [7, 11) is 0. The molecule has 1 aliphatic heterocycles. The first-order valence-electron chi connectivity index (χ1n) is 8.97. The predicted molar refractivity (Wildman–Crippen MR) is 99.0 cm³/mol. The predicted octanol–water partition coefficient (Wildman–Crippen LogP) is 4.29. The number of amides is 1. The molecule has 0 atom stereocenters. The maximum absolute atomic E-state index is 13.9. The molecule has 1 saturated heterocycles. The smallest absolute Gasteiger partial charge is 0.224 e. The third-order valence-electron chi connectivity index (χ3n) is 5.05. The highest BCUT2D eigenvalue weighted by Gasteiger charge is 2.28. The van der Waals surface area contributed by atoms with E-state index in [4.69, 9.17) is 0 Å². The van der Waals surface area contributed by atoms with Gasteiger partial charge >= 0.3 is 0 Å². The Kier molecular flexibility index (Phi) is 5.67. The Morgan fingerprint density at radius 1 is 1.12 bits per heavy atom. The number of likely N-dealkylation sites (tertiary alicyclic amines) is 1. The lowest BCUT2D eigenvalue weighted by Gasteiger charge is -2.38. The molecule has 0 unspecified atom stereocenters. The Bertz CT molecular complexity index is 785. The number of carbonyl (C=O) groups excluding carboxylic acids is 1. The molecule has 1 aliphatic rings. The maximum Gasteiger partial charge on any atom is 0.224 e. The van der Waals surface area contributed by atoms with E-state index in [1.54, 1.807) is 36.1 Å². The molecule has 26 heavy (non-hydrogen) atoms. The lowest BCUT2D eigenvalue weighted by molar-refractivity contribution is -0.117. The van der Waals surface area contributed by atoms with Gasteiger partial charge in [-0.3, -0.25) is 9.69 Å². The summed E-state index contributed by atoms with van der Waals surface area (Å²) in [5, 5.41) is 0. The summed E-state index contributed by atoms with van der Waals surface area (Å²) in [5.41, 5.74) is 1.86. The molecular formula is C21H24F2N2O. The molecule has 0 spiro atoms. The highest BCUT2D eigenvalue weighted by Crippen LogP contribution is 2.26. The van der Waals surface area contributed by atoms with Crippen LogP contribution < -0.4 is 4.90 Å². The molecule has 3 rings (SSSR count). The van der Waals surface area contributed by atoms with Crippen molar-refractivity contribution >= 4 is 11.6 Å². The van der Waals surface area contributed by atoms with Gasteiger partial charge in [0.2, 0.25) is 5.91 Å². The van der Waals surface area contributed by atoms with Gasteiger partial charge in [-0.25, -0.2) is 8.78 Å². The van der Waals surface area contributed by atoms with Crippen LogP contribution in [0.5, 0.6) is 0 Å². The first-order valence-corrected chi connectivity index (χ1v) is 8.97. The van der Waals surface area contributed by atoms with Gasteiger partial charge in [-0.15, -0.1) is 0 Å². The number of carbonyl (C=O) groups is 1. The van der Waals surface area contributed by atoms with Crippen LogP contribution in [-0.4, -0.2) is 29.9 Å². The molecule has 0 aromatic heterocycles. The van der Waals surface area contributed by atoms with Crippen molar-refractivity contribution in [3.8, 4) is 0 Å². The number of halogens is 2. The molecule has 0 saturated carbocycles. The molecule has 2 aromatic rings. The van der Waals surface area contributed by atoms with E-state index < -0.39 is 0 Å². The minimum absolute atomic E-state index is 0.0338. The van der Waals surface area contributed by atoms with E-state index in [0.717, 1.165) is 25.9 Å². The van der Waals surface area contributed by atoms with Gasteiger partial charge < -0.3 is 4.90 Å². The van der Waals surface area contributed by atoms with Crippen molar-refractivity contribution in [3.05, 3.63) is 65.2 Å². The number of piperidine rings is 1. The second-order valence-electron chi connectivity index (χ2n) is 6.92. The standard InChI is InChI=1S/C21H24F2N2O/c1-15-7-8-19(13-21(15)23)25(16(2)26)18-9-11-24(12-10-18)14-17-5-3-4-6-20(17)22/h3-8,13,18H,9-12,14H2,1-2H3. The quantitative estimate of drug-likeness (QED) is 0.814. The molecular weight excluding hydrogens is 334 g/mol. The summed E-state index contributed by atoms with van der Waals surface area (Å²) in [6.45, 7) is 5.34. The maximum atomic E-state index is 13.9. The Morgan fingerprint density at radius 3 is 2.42 bits per heavy atom. The number of aryl methyl sites for hydroxylation is 1. The number of nitrogens with zero attached hydrogens (tertiary/aromatic N) is 2. The Labute approximate surface area is 153 Å². The second kappa shape index (κ2) is 7.96. The minimum Gasteiger partial charge on any atom is -0.309 e. The molecule has 0 bridgehead atoms. The van der Waals surface area contributed by atoms with Gasteiger partial charge in [0.1, 0.15) is 11.6 Å². The molecule has 0 N–H and O–H groups in total. The second-order valence-corrected chi connectivity index (χ2v) is 6.92. The normalized spacial score (nSPS) is 15.8. The van der Waals surface area contributed by atoms with Gasteiger partial charge in [-0.2, -0.15) is 0 Å². The van der Waals surface area contributed by atoms with Crippen LogP contribution >= 0.6 is 0 Å². The largest absolute Gasteiger partial charge is 0.309 e. The summed E-state index contributed by atoms with van der Waals surface area (Å²) in [5.74, 6) is -0.568. The molecule has 2 aromatic carbocycles. The van der Waals surface area contributed by atoms with E-state index in [0.29, 0.717) is 23.4 Å². The molecule has 0 radical (unpaired) electrons. The van der Waals surface area contributed by atoms with E-state index in [2.05, 4.69) is 4.90 Å². The van der Waals surface area contributed by atoms with Crippen molar-refractivity contribution in [2.45, 2.75) is 39.3 Å². The molecule has 1 amide bonds. The summed E-state index contributed by atoms with van der Waals surface area (Å²) in [6.07, 6.45) is 1.56. The Balaban J connectivity index is 1.67. The number of hydrogen-bond acceptors (Lipinski definition) is 2. The highest BCUT2D eigenvalue weighted by atomic mass is 19.1. The topological polar surface area (TPSA) is 23.6 Å². The first kappa shape index (κ1) is 18.5. The van der Waals surface area contributed by atoms with Gasteiger partial charge in [-0.05, 0) is 43.5 Å². The summed E-state index contributed by atoms with van der Waals surface area (Å²) < 4.78 is 27.8. The van der Waals surface area contributed by atoms with Gasteiger partial charge in [0.05, 0.1) is 0 Å². The van der Waals surface area contributed by atoms with Crippen molar-refractivity contribution < 1.29 is 13.6 Å². The minimum atomic E-state index is -0.300. The van der Waals surface area contributed by atoms with Crippen molar-refractivity contribution in [1.29, 1.82) is 0 Å². The van der Waals surface area contributed by atoms with Crippen LogP contribution in [0.2, 0.25) is 0 Å².